The lowest BCUT2D eigenvalue weighted by atomic mass is 9.63. The van der Waals surface area contributed by atoms with Crippen molar-refractivity contribution in [2.75, 3.05) is 52.7 Å². The van der Waals surface area contributed by atoms with Crippen LogP contribution in [-0.4, -0.2) is 99.8 Å². The first kappa shape index (κ1) is 38.4. The number of nitrogens with one attached hydrogen (secondary N) is 1. The maximum Gasteiger partial charge on any atom is 0.314 e. The highest BCUT2D eigenvalue weighted by Gasteiger charge is 2.47. The Morgan fingerprint density at radius 3 is 1.43 bits per heavy atom. The molecule has 2 aromatic heterocycles. The van der Waals surface area contributed by atoms with E-state index in [4.69, 9.17) is 17.2 Å². The summed E-state index contributed by atoms with van der Waals surface area (Å²) < 4.78 is 0. The van der Waals surface area contributed by atoms with Crippen LogP contribution in [0.25, 0.3) is 21.8 Å². The van der Waals surface area contributed by atoms with Gasteiger partial charge in [0, 0.05) is 45.5 Å². The van der Waals surface area contributed by atoms with Gasteiger partial charge in [0.05, 0.1) is 21.9 Å². The van der Waals surface area contributed by atoms with Crippen LogP contribution >= 0.6 is 0 Å². The van der Waals surface area contributed by atoms with E-state index in [1.807, 2.05) is 32.0 Å². The van der Waals surface area contributed by atoms with E-state index in [1.54, 1.807) is 46.4 Å². The Bertz CT molecular complexity index is 1950. The zero-order chi connectivity index (χ0) is 37.7. The van der Waals surface area contributed by atoms with Crippen LogP contribution in [0.4, 0.5) is 11.9 Å². The number of rotatable bonds is 7. The largest absolute Gasteiger partial charge is 0.481 e. The van der Waals surface area contributed by atoms with Crippen LogP contribution in [-0.2, 0) is 20.4 Å². The molecule has 3 amide bonds. The van der Waals surface area contributed by atoms with Crippen molar-refractivity contribution in [3.63, 3.8) is 0 Å². The first-order chi connectivity index (χ1) is 24.1. The van der Waals surface area contributed by atoms with Crippen molar-refractivity contribution in [1.29, 1.82) is 0 Å². The number of nitrogen functional groups attached to an aromatic ring is 2. The Labute approximate surface area is 297 Å². The van der Waals surface area contributed by atoms with Crippen molar-refractivity contribution in [3.8, 4) is 0 Å². The van der Waals surface area contributed by atoms with Crippen LogP contribution < -0.4 is 22.5 Å². The van der Waals surface area contributed by atoms with Crippen molar-refractivity contribution < 1.29 is 24.3 Å². The Balaban J connectivity index is 0.000000213. The van der Waals surface area contributed by atoms with Gasteiger partial charge in [0.1, 0.15) is 11.4 Å². The van der Waals surface area contributed by atoms with Crippen molar-refractivity contribution in [2.45, 2.75) is 63.2 Å². The van der Waals surface area contributed by atoms with Crippen LogP contribution in [0.1, 0.15) is 84.5 Å². The molecule has 272 valence electrons. The predicted octanol–water partition coefficient (Wildman–Crippen LogP) is 2.86. The average Bonchev–Trinajstić information content (AvgIpc) is 3.03. The molecule has 2 aliphatic carbocycles. The van der Waals surface area contributed by atoms with E-state index in [1.165, 1.54) is 9.80 Å². The molecule has 15 nitrogen and oxygen atoms in total. The van der Waals surface area contributed by atoms with Gasteiger partial charge >= 0.3 is 5.97 Å². The summed E-state index contributed by atoms with van der Waals surface area (Å²) in [6.07, 6.45) is 4.69. The van der Waals surface area contributed by atoms with E-state index >= 15 is 0 Å². The molecule has 0 unspecified atom stereocenters. The van der Waals surface area contributed by atoms with Crippen molar-refractivity contribution >= 4 is 57.4 Å². The number of aromatic nitrogens is 4. The van der Waals surface area contributed by atoms with Crippen molar-refractivity contribution in [1.82, 2.24) is 35.1 Å². The SMILES string of the molecule is CCN.CCNC(=O)C1(c2ccc3nc(N)nc(C(=O)N(C)C)c3c2)CCC1.CN(C)C(=O)c1nc(N)nc2ccc(C3(C(=O)O)CCC3)cc12. The zero-order valence-electron chi connectivity index (χ0n) is 30.1. The van der Waals surface area contributed by atoms with E-state index in [2.05, 4.69) is 25.3 Å². The molecule has 15 heteroatoms. The highest BCUT2D eigenvalue weighted by atomic mass is 16.4. The molecule has 0 bridgehead atoms. The number of carboxylic acids is 1. The summed E-state index contributed by atoms with van der Waals surface area (Å²) in [7, 11) is 6.58. The molecule has 2 heterocycles. The van der Waals surface area contributed by atoms with E-state index < -0.39 is 16.8 Å². The number of anilines is 2. The summed E-state index contributed by atoms with van der Waals surface area (Å²) in [6.45, 7) is 5.16. The fraction of sp³-hybridized carbons (Fsp3) is 0.444. The molecule has 0 saturated heterocycles. The fourth-order valence-electron chi connectivity index (χ4n) is 6.30. The number of nitrogens with zero attached hydrogens (tertiary/aromatic N) is 6. The van der Waals surface area contributed by atoms with Crippen molar-refractivity contribution in [3.05, 3.63) is 58.9 Å². The molecule has 2 aromatic carbocycles. The van der Waals surface area contributed by atoms with Crippen LogP contribution in [0.15, 0.2) is 36.4 Å². The first-order valence-electron chi connectivity index (χ1n) is 17.0. The number of nitrogens with two attached hydrogens (primary N) is 3. The van der Waals surface area contributed by atoms with Gasteiger partial charge in [0.2, 0.25) is 17.8 Å². The van der Waals surface area contributed by atoms with Gasteiger partial charge in [-0.1, -0.05) is 31.9 Å². The third-order valence-electron chi connectivity index (χ3n) is 9.34. The number of carboxylic acid groups (broad SMARTS) is 1. The van der Waals surface area contributed by atoms with Crippen LogP contribution in [0.3, 0.4) is 0 Å². The smallest absolute Gasteiger partial charge is 0.314 e. The van der Waals surface area contributed by atoms with Gasteiger partial charge in [-0.3, -0.25) is 19.2 Å². The van der Waals surface area contributed by atoms with E-state index in [0.29, 0.717) is 46.8 Å². The third kappa shape index (κ3) is 7.53. The molecule has 2 aliphatic rings. The summed E-state index contributed by atoms with van der Waals surface area (Å²) in [6, 6.07) is 10.8. The first-order valence-corrected chi connectivity index (χ1v) is 17.0. The molecular weight excluding hydrogens is 652 g/mol. The van der Waals surface area contributed by atoms with E-state index in [0.717, 1.165) is 37.8 Å². The van der Waals surface area contributed by atoms with Crippen molar-refractivity contribution in [2.24, 2.45) is 5.73 Å². The second-order valence-electron chi connectivity index (χ2n) is 13.2. The standard InChI is InChI=1S/C18H23N5O2.C16H18N4O3.C2H7N/c1-4-20-16(25)18(8-5-9-18)11-6-7-13-12(10-11)14(15(24)23(2)3)22-17(19)21-13;1-20(2)13(21)12-10-8-9(16(14(22)23)6-3-7-16)4-5-11(10)18-15(17)19-12;1-2-3/h6-7,10H,4-5,8-9H2,1-3H3,(H,20,25)(H2,19,21,22);4-5,8H,3,6-7H2,1-2H3,(H,22,23)(H2,17,18,19);2-3H2,1H3. The predicted molar refractivity (Wildman–Crippen MR) is 196 cm³/mol. The molecule has 4 aromatic rings. The van der Waals surface area contributed by atoms with Gasteiger partial charge in [-0.25, -0.2) is 19.9 Å². The number of amides is 3. The molecule has 6 rings (SSSR count). The number of fused-ring (bicyclic) bond motifs is 2. The third-order valence-corrected chi connectivity index (χ3v) is 9.34. The number of carbonyl (C=O) groups excluding carboxylic acids is 3. The summed E-state index contributed by atoms with van der Waals surface area (Å²) in [4.78, 5) is 68.6. The minimum Gasteiger partial charge on any atom is -0.481 e. The molecular formula is C36H48N10O5. The number of carbonyl (C=O) groups is 4. The van der Waals surface area contributed by atoms with Gasteiger partial charge in [0.15, 0.2) is 0 Å². The van der Waals surface area contributed by atoms with Gasteiger partial charge in [-0.2, -0.15) is 0 Å². The van der Waals surface area contributed by atoms with Gasteiger partial charge in [-0.15, -0.1) is 0 Å². The lowest BCUT2D eigenvalue weighted by Crippen LogP contribution is -2.49. The maximum atomic E-state index is 12.6. The minimum absolute atomic E-state index is 0.0204. The second kappa shape index (κ2) is 15.6. The Morgan fingerprint density at radius 2 is 1.12 bits per heavy atom. The van der Waals surface area contributed by atoms with E-state index in [-0.39, 0.29) is 41.0 Å². The number of hydrogen-bond acceptors (Lipinski definition) is 11. The van der Waals surface area contributed by atoms with Crippen LogP contribution in [0, 0.1) is 0 Å². The van der Waals surface area contributed by atoms with Crippen LogP contribution in [0.5, 0.6) is 0 Å². The average molecular weight is 701 g/mol. The topological polar surface area (TPSA) is 237 Å². The number of aliphatic carboxylic acids is 1. The van der Waals surface area contributed by atoms with Gasteiger partial charge in [-0.05, 0) is 74.5 Å². The fourth-order valence-corrected chi connectivity index (χ4v) is 6.30. The zero-order valence-corrected chi connectivity index (χ0v) is 30.1. The minimum atomic E-state index is -0.867. The lowest BCUT2D eigenvalue weighted by molar-refractivity contribution is -0.147. The normalized spacial score (nSPS) is 15.1. The summed E-state index contributed by atoms with van der Waals surface area (Å²) in [5, 5.41) is 13.7. The Kier molecular flexibility index (Phi) is 11.8. The van der Waals surface area contributed by atoms with E-state index in [9.17, 15) is 24.3 Å². The molecule has 0 spiro atoms. The number of hydrogen-bond donors (Lipinski definition) is 5. The van der Waals surface area contributed by atoms with Crippen LogP contribution in [0.2, 0.25) is 0 Å². The molecule has 2 fully saturated rings. The molecule has 8 N–H and O–H groups in total. The molecule has 51 heavy (non-hydrogen) atoms. The second-order valence-corrected chi connectivity index (χ2v) is 13.2. The highest BCUT2D eigenvalue weighted by molar-refractivity contribution is 6.06. The van der Waals surface area contributed by atoms with Gasteiger partial charge in [0.25, 0.3) is 11.8 Å². The monoisotopic (exact) mass is 700 g/mol. The molecule has 0 aliphatic heterocycles. The molecule has 2 saturated carbocycles. The Morgan fingerprint density at radius 1 is 0.725 bits per heavy atom. The number of likely N-dealkylation sites (N-methyl/N-ethyl adjacent to an activating group) is 1. The quantitative estimate of drug-likeness (QED) is 0.187. The molecule has 0 atom stereocenters. The summed E-state index contributed by atoms with van der Waals surface area (Å²) in [5.74, 6) is -1.24. The molecule has 0 radical (unpaired) electrons. The summed E-state index contributed by atoms with van der Waals surface area (Å²) in [5.41, 5.74) is 18.1. The Hall–Kier alpha value is -5.44. The van der Waals surface area contributed by atoms with Gasteiger partial charge < -0.3 is 37.4 Å². The highest BCUT2D eigenvalue weighted by Crippen LogP contribution is 2.46. The lowest BCUT2D eigenvalue weighted by Gasteiger charge is -2.40. The number of benzene rings is 2. The maximum absolute atomic E-state index is 12.6. The summed E-state index contributed by atoms with van der Waals surface area (Å²) >= 11 is 0.